The van der Waals surface area contributed by atoms with Gasteiger partial charge in [0.25, 0.3) is 0 Å². The number of nitrogens with one attached hydrogen (secondary N) is 1. The molecule has 7 nitrogen and oxygen atoms in total. The van der Waals surface area contributed by atoms with Crippen molar-refractivity contribution in [1.82, 2.24) is 10.2 Å². The molecule has 0 fully saturated rings. The first kappa shape index (κ1) is 22.5. The Morgan fingerprint density at radius 1 is 1.25 bits per heavy atom. The van der Waals surface area contributed by atoms with E-state index in [0.717, 1.165) is 34.5 Å². The van der Waals surface area contributed by atoms with Crippen LogP contribution >= 0.6 is 23.1 Å². The van der Waals surface area contributed by atoms with Gasteiger partial charge in [0.05, 0.1) is 11.9 Å². The number of halogens is 2. The Balaban J connectivity index is 2.19. The monoisotopic (exact) mass is 450 g/mol. The zero-order valence-corrected chi connectivity index (χ0v) is 18.1. The molecule has 0 spiro atoms. The van der Waals surface area contributed by atoms with Crippen LogP contribution in [0, 0.1) is 17.6 Å². The average molecular weight is 451 g/mol. The molecule has 0 aliphatic heterocycles. The number of hydrogen-bond acceptors (Lipinski definition) is 7. The summed E-state index contributed by atoms with van der Waals surface area (Å²) >= 11 is 2.68. The van der Waals surface area contributed by atoms with Crippen molar-refractivity contribution in [2.75, 3.05) is 21.6 Å². The van der Waals surface area contributed by atoms with Gasteiger partial charge in [-0.2, -0.15) is 0 Å². The number of carbonyl (C=O) groups is 1. The maximum atomic E-state index is 13.6. The molecule has 0 saturated heterocycles. The second-order valence-electron chi connectivity index (χ2n) is 6.40. The molecule has 28 heavy (non-hydrogen) atoms. The molecule has 1 atom stereocenters. The average Bonchev–Trinajstić information content (AvgIpc) is 3.02. The Labute approximate surface area is 170 Å². The molecule has 0 unspecified atom stereocenters. The Kier molecular flexibility index (Phi) is 7.34. The summed E-state index contributed by atoms with van der Waals surface area (Å²) in [5, 5.41) is 10.6. The van der Waals surface area contributed by atoms with Crippen molar-refractivity contribution < 1.29 is 22.0 Å². The smallest absolute Gasteiger partial charge is 0.249 e. The van der Waals surface area contributed by atoms with Crippen LogP contribution in [0.1, 0.15) is 20.8 Å². The minimum atomic E-state index is -3.95. The fourth-order valence-electron chi connectivity index (χ4n) is 2.20. The van der Waals surface area contributed by atoms with Gasteiger partial charge >= 0.3 is 0 Å². The second-order valence-corrected chi connectivity index (χ2v) is 10.5. The van der Waals surface area contributed by atoms with Gasteiger partial charge in [-0.15, -0.1) is 10.2 Å². The second kappa shape index (κ2) is 9.14. The number of sulfonamides is 1. The van der Waals surface area contributed by atoms with Gasteiger partial charge in [0, 0.05) is 11.8 Å². The van der Waals surface area contributed by atoms with E-state index in [1.165, 1.54) is 30.0 Å². The number of rotatable bonds is 8. The molecule has 0 aliphatic rings. The van der Waals surface area contributed by atoms with E-state index in [0.29, 0.717) is 10.3 Å². The molecule has 0 bridgehead atoms. The van der Waals surface area contributed by atoms with E-state index in [2.05, 4.69) is 29.4 Å². The van der Waals surface area contributed by atoms with Gasteiger partial charge < -0.3 is 0 Å². The van der Waals surface area contributed by atoms with E-state index in [1.54, 1.807) is 0 Å². The molecule has 1 N–H and O–H groups in total. The van der Waals surface area contributed by atoms with Crippen molar-refractivity contribution >= 4 is 49.8 Å². The number of amides is 1. The third-order valence-electron chi connectivity index (χ3n) is 3.42. The van der Waals surface area contributed by atoms with Crippen molar-refractivity contribution in [3.63, 3.8) is 0 Å². The first-order valence-corrected chi connectivity index (χ1v) is 11.9. The number of aromatic nitrogens is 2. The minimum Gasteiger partial charge on any atom is -0.299 e. The van der Waals surface area contributed by atoms with Crippen LogP contribution in [0.4, 0.5) is 19.6 Å². The molecule has 0 aliphatic carbocycles. The summed E-state index contributed by atoms with van der Waals surface area (Å²) in [4.78, 5) is 12.5. The standard InChI is InChI=1S/C16H20F2N4O3S3/c1-9(2)8-26-16-21-20-15(27-16)19-14(23)10(3)22(28(4,24)25)11-5-6-12(17)13(18)7-11/h5-7,9-10H,8H2,1-4H3,(H,19,20,23)/t10-/m1/s1. The van der Waals surface area contributed by atoms with Gasteiger partial charge in [-0.1, -0.05) is 36.9 Å². The van der Waals surface area contributed by atoms with Gasteiger partial charge in [0.15, 0.2) is 16.0 Å². The fraction of sp³-hybridized carbons (Fsp3) is 0.438. The maximum absolute atomic E-state index is 13.6. The lowest BCUT2D eigenvalue weighted by Crippen LogP contribution is -2.45. The number of thioether (sulfide) groups is 1. The molecule has 1 amide bonds. The Morgan fingerprint density at radius 3 is 2.50 bits per heavy atom. The van der Waals surface area contributed by atoms with Gasteiger partial charge in [-0.3, -0.25) is 14.4 Å². The largest absolute Gasteiger partial charge is 0.299 e. The molecular weight excluding hydrogens is 430 g/mol. The molecule has 12 heteroatoms. The van der Waals surface area contributed by atoms with Crippen LogP contribution in [0.5, 0.6) is 0 Å². The van der Waals surface area contributed by atoms with E-state index in [1.807, 2.05) is 0 Å². The third-order valence-corrected chi connectivity index (χ3v) is 7.06. The van der Waals surface area contributed by atoms with Crippen molar-refractivity contribution in [3.8, 4) is 0 Å². The first-order valence-electron chi connectivity index (χ1n) is 8.20. The highest BCUT2D eigenvalue weighted by atomic mass is 32.2. The lowest BCUT2D eigenvalue weighted by Gasteiger charge is -2.27. The summed E-state index contributed by atoms with van der Waals surface area (Å²) < 4.78 is 52.5. The summed E-state index contributed by atoms with van der Waals surface area (Å²) in [5.41, 5.74) is -0.158. The number of nitrogens with zero attached hydrogens (tertiary/aromatic N) is 3. The maximum Gasteiger partial charge on any atom is 0.249 e. The third kappa shape index (κ3) is 5.85. The summed E-state index contributed by atoms with van der Waals surface area (Å²) in [6.07, 6.45) is 0.879. The predicted octanol–water partition coefficient (Wildman–Crippen LogP) is 3.36. The highest BCUT2D eigenvalue weighted by Gasteiger charge is 2.30. The van der Waals surface area contributed by atoms with Crippen LogP contribution in [0.2, 0.25) is 0 Å². The minimum absolute atomic E-state index is 0.158. The van der Waals surface area contributed by atoms with Crippen molar-refractivity contribution in [2.24, 2.45) is 5.92 Å². The quantitative estimate of drug-likeness (QED) is 0.490. The summed E-state index contributed by atoms with van der Waals surface area (Å²) in [6, 6.07) is 1.40. The Hall–Kier alpha value is -1.79. The van der Waals surface area contributed by atoms with Crippen LogP contribution in [0.25, 0.3) is 0 Å². The first-order chi connectivity index (χ1) is 13.0. The predicted molar refractivity (Wildman–Crippen MR) is 107 cm³/mol. The normalized spacial score (nSPS) is 12.8. The van der Waals surface area contributed by atoms with Crippen molar-refractivity contribution in [2.45, 2.75) is 31.2 Å². The van der Waals surface area contributed by atoms with Gasteiger partial charge in [0.2, 0.25) is 21.1 Å². The van der Waals surface area contributed by atoms with E-state index < -0.39 is 33.6 Å². The van der Waals surface area contributed by atoms with Gasteiger partial charge in [-0.05, 0) is 25.0 Å². The fourth-order valence-corrected chi connectivity index (χ4v) is 5.10. The van der Waals surface area contributed by atoms with E-state index in [4.69, 9.17) is 0 Å². The van der Waals surface area contributed by atoms with Crippen LogP contribution in [0.15, 0.2) is 22.5 Å². The van der Waals surface area contributed by atoms with Crippen molar-refractivity contribution in [3.05, 3.63) is 29.8 Å². The van der Waals surface area contributed by atoms with Gasteiger partial charge in [-0.25, -0.2) is 17.2 Å². The van der Waals surface area contributed by atoms with E-state index in [-0.39, 0.29) is 10.8 Å². The zero-order valence-electron chi connectivity index (χ0n) is 15.6. The number of hydrogen-bond donors (Lipinski definition) is 1. The molecular formula is C16H20F2N4O3S3. The highest BCUT2D eigenvalue weighted by Crippen LogP contribution is 2.28. The molecule has 2 aromatic rings. The van der Waals surface area contributed by atoms with E-state index in [9.17, 15) is 22.0 Å². The van der Waals surface area contributed by atoms with Crippen LogP contribution in [-0.2, 0) is 14.8 Å². The summed E-state index contributed by atoms with van der Waals surface area (Å²) in [7, 11) is -3.95. The number of carbonyl (C=O) groups excluding carboxylic acids is 1. The Bertz CT molecular complexity index is 950. The molecule has 1 heterocycles. The molecule has 1 aromatic carbocycles. The van der Waals surface area contributed by atoms with Gasteiger partial charge in [0.1, 0.15) is 6.04 Å². The van der Waals surface area contributed by atoms with E-state index >= 15 is 0 Å². The summed E-state index contributed by atoms with van der Waals surface area (Å²) in [6.45, 7) is 5.47. The number of benzene rings is 1. The Morgan fingerprint density at radius 2 is 1.93 bits per heavy atom. The van der Waals surface area contributed by atoms with Crippen LogP contribution < -0.4 is 9.62 Å². The molecule has 154 valence electrons. The lowest BCUT2D eigenvalue weighted by atomic mass is 10.2. The van der Waals surface area contributed by atoms with Crippen molar-refractivity contribution in [1.29, 1.82) is 0 Å². The molecule has 2 rings (SSSR count). The zero-order chi connectivity index (χ0) is 21.1. The SMILES string of the molecule is CC(C)CSc1nnc(NC(=O)[C@@H](C)N(c2ccc(F)c(F)c2)S(C)(=O)=O)s1. The van der Waals surface area contributed by atoms with Crippen LogP contribution in [0.3, 0.4) is 0 Å². The van der Waals surface area contributed by atoms with Crippen LogP contribution in [-0.4, -0.2) is 42.6 Å². The highest BCUT2D eigenvalue weighted by molar-refractivity contribution is 8.01. The topological polar surface area (TPSA) is 92.3 Å². The lowest BCUT2D eigenvalue weighted by molar-refractivity contribution is -0.116. The number of anilines is 2. The summed E-state index contributed by atoms with van der Waals surface area (Å²) in [5.74, 6) is -1.70. The molecule has 0 saturated carbocycles. The molecule has 0 radical (unpaired) electrons. The molecule has 1 aromatic heterocycles.